The lowest BCUT2D eigenvalue weighted by molar-refractivity contribution is -0.116. The second kappa shape index (κ2) is 5.19. The Morgan fingerprint density at radius 2 is 1.95 bits per heavy atom. The molecule has 0 bridgehead atoms. The van der Waals surface area contributed by atoms with Gasteiger partial charge in [0, 0.05) is 6.42 Å². The Bertz CT molecular complexity index is 506. The number of aliphatic hydroxyl groups excluding tert-OH is 1. The third-order valence-corrected chi connectivity index (χ3v) is 7.96. The van der Waals surface area contributed by atoms with Gasteiger partial charge in [0.15, 0.2) is 5.78 Å². The second-order valence-corrected chi connectivity index (χ2v) is 8.77. The number of allylic oxidation sites excluding steroid dienone is 1. The van der Waals surface area contributed by atoms with E-state index in [9.17, 15) is 9.90 Å². The van der Waals surface area contributed by atoms with Gasteiger partial charge in [-0.05, 0) is 93.0 Å². The Morgan fingerprint density at radius 1 is 1.14 bits per heavy atom. The van der Waals surface area contributed by atoms with Crippen LogP contribution in [0.15, 0.2) is 11.6 Å². The van der Waals surface area contributed by atoms with E-state index in [1.165, 1.54) is 37.7 Å². The number of aliphatic hydroxyl groups is 1. The average Bonchev–Trinajstić information content (AvgIpc) is 2.84. The van der Waals surface area contributed by atoms with Crippen molar-refractivity contribution in [3.8, 4) is 0 Å². The number of hydrogen-bond donors (Lipinski definition) is 1. The lowest BCUT2D eigenvalue weighted by atomic mass is 9.51. The molecular weight excluding hydrogens is 272 g/mol. The van der Waals surface area contributed by atoms with Crippen LogP contribution in [0.3, 0.4) is 0 Å². The Kier molecular flexibility index (Phi) is 3.52. The van der Waals surface area contributed by atoms with E-state index in [0.717, 1.165) is 37.0 Å². The van der Waals surface area contributed by atoms with E-state index in [4.69, 9.17) is 0 Å². The van der Waals surface area contributed by atoms with Crippen molar-refractivity contribution in [3.05, 3.63) is 11.6 Å². The predicted molar refractivity (Wildman–Crippen MR) is 87.3 cm³/mol. The molecule has 1 unspecified atom stereocenters. The fraction of sp³-hybridized carbons (Fsp3) is 0.850. The summed E-state index contributed by atoms with van der Waals surface area (Å²) in [6.07, 6.45) is 11.3. The summed E-state index contributed by atoms with van der Waals surface area (Å²) in [5, 5.41) is 10.2. The first-order chi connectivity index (χ1) is 10.5. The number of carbonyl (C=O) groups is 1. The molecule has 0 spiro atoms. The Labute approximate surface area is 134 Å². The molecule has 22 heavy (non-hydrogen) atoms. The molecular formula is C20H30O2. The highest BCUT2D eigenvalue weighted by Crippen LogP contribution is 2.64. The number of rotatable bonds is 1. The molecule has 122 valence electrons. The van der Waals surface area contributed by atoms with Gasteiger partial charge >= 0.3 is 0 Å². The molecule has 4 rings (SSSR count). The molecule has 4 aliphatic carbocycles. The molecule has 4 aliphatic rings. The van der Waals surface area contributed by atoms with Gasteiger partial charge in [0.1, 0.15) is 0 Å². The Balaban J connectivity index is 1.61. The van der Waals surface area contributed by atoms with Crippen LogP contribution in [0, 0.1) is 35.0 Å². The van der Waals surface area contributed by atoms with Crippen molar-refractivity contribution in [1.29, 1.82) is 0 Å². The molecule has 0 aliphatic heterocycles. The molecule has 0 aromatic carbocycles. The van der Waals surface area contributed by atoms with Crippen LogP contribution in [-0.2, 0) is 4.79 Å². The topological polar surface area (TPSA) is 37.3 Å². The average molecular weight is 302 g/mol. The number of carbonyl (C=O) groups excluding carboxylic acids is 1. The first kappa shape index (κ1) is 14.9. The summed E-state index contributed by atoms with van der Waals surface area (Å²) in [4.78, 5) is 11.7. The summed E-state index contributed by atoms with van der Waals surface area (Å²) >= 11 is 0. The van der Waals surface area contributed by atoms with Gasteiger partial charge in [-0.25, -0.2) is 0 Å². The number of fused-ring (bicyclic) bond motifs is 5. The van der Waals surface area contributed by atoms with Crippen molar-refractivity contribution >= 4 is 5.78 Å². The lowest BCUT2D eigenvalue weighted by Gasteiger charge is -2.54. The standard InChI is InChI=1S/C20H30O2/c1-12(21)18-7-8-19-17-5-3-13-11-14(22)4-6-15(13)16(17)9-10-20(18,19)2/h11-12,15-19,21H,3-10H2,1-2H3/t12?,15-,16+,17+,18+,19+,20+/m0/s1. The predicted octanol–water partition coefficient (Wildman–Crippen LogP) is 4.13. The van der Waals surface area contributed by atoms with Gasteiger partial charge in [-0.15, -0.1) is 0 Å². The molecule has 1 N–H and O–H groups in total. The van der Waals surface area contributed by atoms with Crippen LogP contribution in [-0.4, -0.2) is 17.0 Å². The van der Waals surface area contributed by atoms with E-state index < -0.39 is 0 Å². The first-order valence-corrected chi connectivity index (χ1v) is 9.42. The Hall–Kier alpha value is -0.630. The summed E-state index contributed by atoms with van der Waals surface area (Å²) < 4.78 is 0. The largest absolute Gasteiger partial charge is 0.393 e. The monoisotopic (exact) mass is 302 g/mol. The maximum absolute atomic E-state index is 11.7. The minimum Gasteiger partial charge on any atom is -0.393 e. The highest BCUT2D eigenvalue weighted by Gasteiger charge is 2.56. The molecule has 0 saturated heterocycles. The molecule has 0 heterocycles. The lowest BCUT2D eigenvalue weighted by Crippen LogP contribution is -2.47. The van der Waals surface area contributed by atoms with Gasteiger partial charge in [0.25, 0.3) is 0 Å². The van der Waals surface area contributed by atoms with Crippen LogP contribution < -0.4 is 0 Å². The highest BCUT2D eigenvalue weighted by atomic mass is 16.3. The van der Waals surface area contributed by atoms with Crippen molar-refractivity contribution in [1.82, 2.24) is 0 Å². The number of hydrogen-bond acceptors (Lipinski definition) is 2. The molecule has 0 aromatic rings. The van der Waals surface area contributed by atoms with Gasteiger partial charge in [-0.1, -0.05) is 12.5 Å². The minimum absolute atomic E-state index is 0.155. The summed E-state index contributed by atoms with van der Waals surface area (Å²) in [7, 11) is 0. The normalized spacial score (nSPS) is 49.0. The van der Waals surface area contributed by atoms with Crippen molar-refractivity contribution in [2.75, 3.05) is 0 Å². The summed E-state index contributed by atoms with van der Waals surface area (Å²) in [6, 6.07) is 0. The molecule has 2 heteroatoms. The zero-order valence-corrected chi connectivity index (χ0v) is 14.1. The van der Waals surface area contributed by atoms with E-state index in [1.807, 2.05) is 13.0 Å². The van der Waals surface area contributed by atoms with Crippen molar-refractivity contribution in [2.24, 2.45) is 35.0 Å². The van der Waals surface area contributed by atoms with Gasteiger partial charge in [-0.2, -0.15) is 0 Å². The fourth-order valence-electron chi connectivity index (χ4n) is 7.01. The third-order valence-electron chi connectivity index (χ3n) is 7.96. The number of ketones is 1. The Morgan fingerprint density at radius 3 is 2.73 bits per heavy atom. The van der Waals surface area contributed by atoms with E-state index in [1.54, 1.807) is 0 Å². The van der Waals surface area contributed by atoms with E-state index >= 15 is 0 Å². The van der Waals surface area contributed by atoms with Gasteiger partial charge in [-0.3, -0.25) is 4.79 Å². The summed E-state index contributed by atoms with van der Waals surface area (Å²) in [6.45, 7) is 4.47. The van der Waals surface area contributed by atoms with Crippen LogP contribution >= 0.6 is 0 Å². The SMILES string of the molecule is CC(O)[C@H]1CC[C@@H]2[C@@H]3CCC4=CC(=O)CC[C@@H]4[C@H]3CC[C@]12C. The van der Waals surface area contributed by atoms with E-state index in [2.05, 4.69) is 6.92 Å². The van der Waals surface area contributed by atoms with Crippen LogP contribution in [0.5, 0.6) is 0 Å². The van der Waals surface area contributed by atoms with Crippen molar-refractivity contribution < 1.29 is 9.90 Å². The molecule has 0 amide bonds. The second-order valence-electron chi connectivity index (χ2n) is 8.77. The van der Waals surface area contributed by atoms with E-state index in [0.29, 0.717) is 23.0 Å². The zero-order valence-electron chi connectivity index (χ0n) is 14.1. The quantitative estimate of drug-likeness (QED) is 0.791. The van der Waals surface area contributed by atoms with Crippen molar-refractivity contribution in [3.63, 3.8) is 0 Å². The van der Waals surface area contributed by atoms with Gasteiger partial charge < -0.3 is 5.11 Å². The maximum atomic E-state index is 11.7. The zero-order chi connectivity index (χ0) is 15.5. The minimum atomic E-state index is -0.155. The molecule has 3 saturated carbocycles. The molecule has 0 radical (unpaired) electrons. The maximum Gasteiger partial charge on any atom is 0.155 e. The highest BCUT2D eigenvalue weighted by molar-refractivity contribution is 5.91. The van der Waals surface area contributed by atoms with Crippen LogP contribution in [0.25, 0.3) is 0 Å². The van der Waals surface area contributed by atoms with Crippen LogP contribution in [0.2, 0.25) is 0 Å². The van der Waals surface area contributed by atoms with Crippen LogP contribution in [0.1, 0.15) is 65.2 Å². The smallest absolute Gasteiger partial charge is 0.155 e. The van der Waals surface area contributed by atoms with Gasteiger partial charge in [0.05, 0.1) is 6.10 Å². The van der Waals surface area contributed by atoms with Gasteiger partial charge in [0.2, 0.25) is 0 Å². The van der Waals surface area contributed by atoms with Crippen molar-refractivity contribution in [2.45, 2.75) is 71.3 Å². The molecule has 2 nitrogen and oxygen atoms in total. The van der Waals surface area contributed by atoms with E-state index in [-0.39, 0.29) is 6.10 Å². The first-order valence-electron chi connectivity index (χ1n) is 9.42. The molecule has 3 fully saturated rings. The molecule has 0 aromatic heterocycles. The summed E-state index contributed by atoms with van der Waals surface area (Å²) in [5.41, 5.74) is 1.84. The van der Waals surface area contributed by atoms with Crippen LogP contribution in [0.4, 0.5) is 0 Å². The fourth-order valence-corrected chi connectivity index (χ4v) is 7.01. The molecule has 7 atom stereocenters. The third kappa shape index (κ3) is 2.06. The summed E-state index contributed by atoms with van der Waals surface area (Å²) in [5.74, 6) is 4.04.